The summed E-state index contributed by atoms with van der Waals surface area (Å²) in [6, 6.07) is 6.43. The molecule has 2 rings (SSSR count). The minimum atomic E-state index is -0.390. The van der Waals surface area contributed by atoms with Gasteiger partial charge in [-0.25, -0.2) is 4.39 Å². The van der Waals surface area contributed by atoms with Gasteiger partial charge in [-0.15, -0.1) is 0 Å². The number of likely N-dealkylation sites (N-methyl/N-ethyl adjacent to an activating group) is 1. The van der Waals surface area contributed by atoms with E-state index in [1.807, 2.05) is 37.1 Å². The average molecular weight is 270 g/mol. The number of hydrogen-bond acceptors (Lipinski definition) is 3. The van der Waals surface area contributed by atoms with Crippen LogP contribution in [0.4, 0.5) is 4.39 Å². The average Bonchev–Trinajstić information content (AvgIpc) is 2.44. The predicted octanol–water partition coefficient (Wildman–Crippen LogP) is 3.47. The molecule has 1 aromatic rings. The highest BCUT2D eigenvalue weighted by molar-refractivity contribution is 5.71. The van der Waals surface area contributed by atoms with Crippen molar-refractivity contribution in [3.63, 3.8) is 0 Å². The molecule has 1 aromatic carbocycles. The third-order valence-corrected chi connectivity index (χ3v) is 3.23. The lowest BCUT2D eigenvalue weighted by molar-refractivity contribution is 0.365. The molecule has 0 radical (unpaired) electrons. The van der Waals surface area contributed by atoms with Crippen LogP contribution in [0.5, 0.6) is 5.75 Å². The van der Waals surface area contributed by atoms with Crippen LogP contribution >= 0.6 is 0 Å². The number of nitriles is 1. The SMILES string of the molecule is C=C1C(C)=CC=C(c2ccc(OCC#N)cc2F)N1C. The number of halogens is 1. The zero-order valence-corrected chi connectivity index (χ0v) is 11.5. The maximum Gasteiger partial charge on any atom is 0.174 e. The standard InChI is InChI=1S/C16H15FN2O/c1-11-4-7-16(19(3)12(11)2)14-6-5-13(10-15(14)17)20-9-8-18/h4-7,10H,2,9H2,1,3H3. The maximum atomic E-state index is 14.2. The summed E-state index contributed by atoms with van der Waals surface area (Å²) in [4.78, 5) is 1.85. The Balaban J connectivity index is 2.35. The molecule has 0 spiro atoms. The molecule has 20 heavy (non-hydrogen) atoms. The number of nitrogens with zero attached hydrogens (tertiary/aromatic N) is 2. The molecule has 0 bridgehead atoms. The summed E-state index contributed by atoms with van der Waals surface area (Å²) in [5, 5.41) is 8.44. The van der Waals surface area contributed by atoms with Gasteiger partial charge in [0.2, 0.25) is 0 Å². The third-order valence-electron chi connectivity index (χ3n) is 3.23. The molecule has 1 aliphatic rings. The van der Waals surface area contributed by atoms with Crippen LogP contribution in [0, 0.1) is 17.1 Å². The Morgan fingerprint density at radius 2 is 2.15 bits per heavy atom. The lowest BCUT2D eigenvalue weighted by Crippen LogP contribution is -2.19. The largest absolute Gasteiger partial charge is 0.479 e. The third kappa shape index (κ3) is 2.57. The van der Waals surface area contributed by atoms with E-state index in [-0.39, 0.29) is 12.4 Å². The first kappa shape index (κ1) is 13.9. The van der Waals surface area contributed by atoms with E-state index < -0.39 is 0 Å². The highest BCUT2D eigenvalue weighted by atomic mass is 19.1. The molecule has 0 N–H and O–H groups in total. The first-order valence-corrected chi connectivity index (χ1v) is 6.16. The maximum absolute atomic E-state index is 14.2. The van der Waals surface area contributed by atoms with E-state index in [0.717, 1.165) is 17.0 Å². The van der Waals surface area contributed by atoms with Gasteiger partial charge in [-0.1, -0.05) is 12.7 Å². The topological polar surface area (TPSA) is 36.3 Å². The van der Waals surface area contributed by atoms with Gasteiger partial charge >= 0.3 is 0 Å². The van der Waals surface area contributed by atoms with Crippen molar-refractivity contribution in [1.82, 2.24) is 4.90 Å². The highest BCUT2D eigenvalue weighted by Crippen LogP contribution is 2.31. The summed E-state index contributed by atoms with van der Waals surface area (Å²) in [6.45, 7) is 5.84. The van der Waals surface area contributed by atoms with Crippen LogP contribution in [-0.2, 0) is 0 Å². The Hall–Kier alpha value is -2.54. The second-order valence-corrected chi connectivity index (χ2v) is 4.50. The molecule has 0 saturated heterocycles. The molecule has 0 saturated carbocycles. The van der Waals surface area contributed by atoms with Crippen molar-refractivity contribution in [1.29, 1.82) is 5.26 Å². The fourth-order valence-electron chi connectivity index (χ4n) is 2.00. The quantitative estimate of drug-likeness (QED) is 0.843. The van der Waals surface area contributed by atoms with Crippen LogP contribution in [-0.4, -0.2) is 18.6 Å². The van der Waals surface area contributed by atoms with Gasteiger partial charge in [0, 0.05) is 24.4 Å². The van der Waals surface area contributed by atoms with Crippen molar-refractivity contribution < 1.29 is 9.13 Å². The summed E-state index contributed by atoms with van der Waals surface area (Å²) >= 11 is 0. The molecule has 1 heterocycles. The Kier molecular flexibility index (Phi) is 3.90. The van der Waals surface area contributed by atoms with E-state index in [2.05, 4.69) is 6.58 Å². The van der Waals surface area contributed by atoms with Crippen LogP contribution in [0.3, 0.4) is 0 Å². The van der Waals surface area contributed by atoms with Crippen molar-refractivity contribution >= 4 is 5.70 Å². The summed E-state index contributed by atoms with van der Waals surface area (Å²) in [7, 11) is 1.85. The molecule has 0 fully saturated rings. The molecule has 0 amide bonds. The number of allylic oxidation sites excluding steroid dienone is 3. The summed E-state index contributed by atoms with van der Waals surface area (Å²) in [5.41, 5.74) is 3.10. The summed E-state index contributed by atoms with van der Waals surface area (Å²) < 4.78 is 19.3. The van der Waals surface area contributed by atoms with E-state index in [1.165, 1.54) is 6.07 Å². The molecule has 0 aliphatic carbocycles. The zero-order valence-electron chi connectivity index (χ0n) is 11.5. The lowest BCUT2D eigenvalue weighted by Gasteiger charge is -2.28. The first-order chi connectivity index (χ1) is 9.54. The second-order valence-electron chi connectivity index (χ2n) is 4.50. The van der Waals surface area contributed by atoms with Crippen molar-refractivity contribution in [2.45, 2.75) is 6.92 Å². The molecule has 102 valence electrons. The molecule has 4 heteroatoms. The lowest BCUT2D eigenvalue weighted by atomic mass is 10.0. The van der Waals surface area contributed by atoms with Gasteiger partial charge in [0.1, 0.15) is 17.6 Å². The fraction of sp³-hybridized carbons (Fsp3) is 0.188. The molecule has 0 unspecified atom stereocenters. The van der Waals surface area contributed by atoms with Gasteiger partial charge in [-0.05, 0) is 30.7 Å². The number of rotatable bonds is 3. The van der Waals surface area contributed by atoms with Crippen LogP contribution < -0.4 is 4.74 Å². The number of benzene rings is 1. The van der Waals surface area contributed by atoms with Crippen molar-refractivity contribution in [3.05, 3.63) is 59.6 Å². The van der Waals surface area contributed by atoms with Crippen LogP contribution in [0.1, 0.15) is 12.5 Å². The minimum absolute atomic E-state index is 0.0971. The minimum Gasteiger partial charge on any atom is -0.479 e. The fourth-order valence-corrected chi connectivity index (χ4v) is 2.00. The highest BCUT2D eigenvalue weighted by Gasteiger charge is 2.18. The summed E-state index contributed by atoms with van der Waals surface area (Å²) in [5.74, 6) is -0.0447. The number of ether oxygens (including phenoxy) is 1. The second kappa shape index (κ2) is 5.62. The van der Waals surface area contributed by atoms with Gasteiger partial charge in [0.15, 0.2) is 6.61 Å². The van der Waals surface area contributed by atoms with Crippen LogP contribution in [0.15, 0.2) is 48.2 Å². The Bertz CT molecular complexity index is 653. The smallest absolute Gasteiger partial charge is 0.174 e. The zero-order chi connectivity index (χ0) is 14.7. The van der Waals surface area contributed by atoms with Crippen LogP contribution in [0.25, 0.3) is 5.70 Å². The van der Waals surface area contributed by atoms with Gasteiger partial charge in [-0.3, -0.25) is 0 Å². The molecule has 1 aliphatic heterocycles. The van der Waals surface area contributed by atoms with Crippen molar-refractivity contribution in [2.24, 2.45) is 0 Å². The van der Waals surface area contributed by atoms with E-state index in [1.54, 1.807) is 12.1 Å². The molecule has 3 nitrogen and oxygen atoms in total. The van der Waals surface area contributed by atoms with Gasteiger partial charge < -0.3 is 9.64 Å². The van der Waals surface area contributed by atoms with Gasteiger partial charge in [0.25, 0.3) is 0 Å². The van der Waals surface area contributed by atoms with E-state index in [9.17, 15) is 4.39 Å². The van der Waals surface area contributed by atoms with Crippen LogP contribution in [0.2, 0.25) is 0 Å². The molecular weight excluding hydrogens is 255 g/mol. The van der Waals surface area contributed by atoms with Crippen molar-refractivity contribution in [2.75, 3.05) is 13.7 Å². The molecule has 0 atom stereocenters. The Morgan fingerprint density at radius 1 is 1.40 bits per heavy atom. The molecular formula is C16H15FN2O. The first-order valence-electron chi connectivity index (χ1n) is 6.16. The predicted molar refractivity (Wildman–Crippen MR) is 76.1 cm³/mol. The van der Waals surface area contributed by atoms with Crippen molar-refractivity contribution in [3.8, 4) is 11.8 Å². The Labute approximate surface area is 117 Å². The molecule has 0 aromatic heterocycles. The Morgan fingerprint density at radius 3 is 2.80 bits per heavy atom. The van der Waals surface area contributed by atoms with E-state index in [0.29, 0.717) is 11.3 Å². The van der Waals surface area contributed by atoms with E-state index in [4.69, 9.17) is 10.00 Å². The van der Waals surface area contributed by atoms with E-state index >= 15 is 0 Å². The van der Waals surface area contributed by atoms with Gasteiger partial charge in [0.05, 0.1) is 5.70 Å². The number of hydrogen-bond donors (Lipinski definition) is 0. The van der Waals surface area contributed by atoms with Gasteiger partial charge in [-0.2, -0.15) is 5.26 Å². The normalized spacial score (nSPS) is 14.5. The monoisotopic (exact) mass is 270 g/mol. The summed E-state index contributed by atoms with van der Waals surface area (Å²) in [6.07, 6.45) is 3.77.